The largest absolute Gasteiger partial charge is 0.423 e. The van der Waals surface area contributed by atoms with Gasteiger partial charge in [0.05, 0.1) is 11.9 Å². The molecule has 4 aromatic rings. The molecule has 146 valence electrons. The highest BCUT2D eigenvalue weighted by Crippen LogP contribution is 2.27. The zero-order valence-corrected chi connectivity index (χ0v) is 15.6. The van der Waals surface area contributed by atoms with E-state index in [2.05, 4.69) is 30.3 Å². The summed E-state index contributed by atoms with van der Waals surface area (Å²) in [5, 5.41) is 6.99. The molecular formula is C20H19N7O2. The lowest BCUT2D eigenvalue weighted by molar-refractivity contribution is -0.120. The first-order valence-electron chi connectivity index (χ1n) is 9.49. The van der Waals surface area contributed by atoms with Crippen LogP contribution in [0.1, 0.15) is 12.8 Å². The number of anilines is 2. The molecule has 5 rings (SSSR count). The fraction of sp³-hybridized carbons (Fsp3) is 0.250. The smallest absolute Gasteiger partial charge is 0.298 e. The van der Waals surface area contributed by atoms with Gasteiger partial charge in [-0.2, -0.15) is 10.1 Å². The summed E-state index contributed by atoms with van der Waals surface area (Å²) < 4.78 is 7.40. The lowest BCUT2D eigenvalue weighted by Gasteiger charge is -2.30. The van der Waals surface area contributed by atoms with Crippen LogP contribution < -0.4 is 10.2 Å². The predicted molar refractivity (Wildman–Crippen MR) is 107 cm³/mol. The Morgan fingerprint density at radius 1 is 1.14 bits per heavy atom. The predicted octanol–water partition coefficient (Wildman–Crippen LogP) is 2.66. The van der Waals surface area contributed by atoms with Crippen molar-refractivity contribution >= 4 is 28.7 Å². The molecule has 1 aromatic carbocycles. The van der Waals surface area contributed by atoms with Gasteiger partial charge in [0.1, 0.15) is 18.2 Å². The second kappa shape index (κ2) is 7.34. The van der Waals surface area contributed by atoms with Gasteiger partial charge >= 0.3 is 0 Å². The first-order valence-corrected chi connectivity index (χ1v) is 9.49. The summed E-state index contributed by atoms with van der Waals surface area (Å²) in [5.74, 6) is 0.607. The van der Waals surface area contributed by atoms with Crippen LogP contribution in [0.2, 0.25) is 0 Å². The van der Waals surface area contributed by atoms with Gasteiger partial charge in [0.2, 0.25) is 5.91 Å². The minimum atomic E-state index is -0.0504. The average molecular weight is 389 g/mol. The number of oxazole rings is 1. The van der Waals surface area contributed by atoms with E-state index in [0.29, 0.717) is 17.5 Å². The van der Waals surface area contributed by atoms with Crippen molar-refractivity contribution in [3.05, 3.63) is 55.2 Å². The van der Waals surface area contributed by atoms with Crippen molar-refractivity contribution in [2.45, 2.75) is 12.8 Å². The van der Waals surface area contributed by atoms with E-state index in [0.717, 1.165) is 37.0 Å². The van der Waals surface area contributed by atoms with Crippen molar-refractivity contribution in [1.82, 2.24) is 24.7 Å². The number of fused-ring (bicyclic) bond motifs is 1. The second-order valence-electron chi connectivity index (χ2n) is 6.96. The molecule has 1 amide bonds. The van der Waals surface area contributed by atoms with Gasteiger partial charge in [0.15, 0.2) is 11.4 Å². The topological polar surface area (TPSA) is 102 Å². The monoisotopic (exact) mass is 389 g/mol. The number of benzene rings is 1. The zero-order chi connectivity index (χ0) is 19.6. The number of rotatable bonds is 4. The number of amides is 1. The first-order chi connectivity index (χ1) is 14.3. The third kappa shape index (κ3) is 3.54. The molecule has 29 heavy (non-hydrogen) atoms. The van der Waals surface area contributed by atoms with E-state index in [1.54, 1.807) is 23.3 Å². The van der Waals surface area contributed by atoms with E-state index in [-0.39, 0.29) is 11.8 Å². The van der Waals surface area contributed by atoms with Gasteiger partial charge in [-0.05, 0) is 37.1 Å². The van der Waals surface area contributed by atoms with Crippen LogP contribution >= 0.6 is 0 Å². The maximum atomic E-state index is 12.6. The number of para-hydroxylation sites is 2. The molecule has 0 bridgehead atoms. The highest BCUT2D eigenvalue weighted by molar-refractivity contribution is 5.92. The Kier molecular flexibility index (Phi) is 4.39. The number of hydrogen-bond acceptors (Lipinski definition) is 7. The summed E-state index contributed by atoms with van der Waals surface area (Å²) in [6, 6.07) is 12.0. The molecule has 0 spiro atoms. The molecule has 3 aromatic heterocycles. The van der Waals surface area contributed by atoms with Gasteiger partial charge in [-0.3, -0.25) is 4.79 Å². The molecule has 4 heterocycles. The molecule has 1 saturated heterocycles. The lowest BCUT2D eigenvalue weighted by atomic mass is 9.96. The highest BCUT2D eigenvalue weighted by Gasteiger charge is 2.27. The first kappa shape index (κ1) is 17.4. The Morgan fingerprint density at radius 2 is 2.00 bits per heavy atom. The van der Waals surface area contributed by atoms with Crippen LogP contribution in [0.4, 0.5) is 11.7 Å². The van der Waals surface area contributed by atoms with Crippen molar-refractivity contribution in [2.75, 3.05) is 23.3 Å². The fourth-order valence-corrected chi connectivity index (χ4v) is 3.49. The average Bonchev–Trinajstić information content (AvgIpc) is 3.44. The Hall–Kier alpha value is -3.75. The Morgan fingerprint density at radius 3 is 2.72 bits per heavy atom. The van der Waals surface area contributed by atoms with Crippen LogP contribution in [0.15, 0.2) is 59.7 Å². The molecule has 0 unspecified atom stereocenters. The van der Waals surface area contributed by atoms with Crippen LogP contribution in [0.5, 0.6) is 0 Å². The van der Waals surface area contributed by atoms with Gasteiger partial charge in [0.25, 0.3) is 6.01 Å². The van der Waals surface area contributed by atoms with Gasteiger partial charge in [0, 0.05) is 19.0 Å². The summed E-state index contributed by atoms with van der Waals surface area (Å²) >= 11 is 0. The van der Waals surface area contributed by atoms with Crippen LogP contribution in [-0.4, -0.2) is 43.7 Å². The molecule has 1 N–H and O–H groups in total. The standard InChI is InChI=1S/C20H19N7O2/c28-19(24-15-5-6-18(22-11-15)27-13-21-12-23-27)14-7-9-26(10-8-14)20-25-16-3-1-2-4-17(16)29-20/h1-6,11-14H,7-10H2,(H,24,28). The van der Waals surface area contributed by atoms with Gasteiger partial charge in [-0.1, -0.05) is 12.1 Å². The van der Waals surface area contributed by atoms with E-state index in [1.165, 1.54) is 6.33 Å². The van der Waals surface area contributed by atoms with Crippen molar-refractivity contribution in [1.29, 1.82) is 0 Å². The number of pyridine rings is 1. The molecule has 0 aliphatic carbocycles. The minimum absolute atomic E-state index is 0.0116. The number of carbonyl (C=O) groups is 1. The van der Waals surface area contributed by atoms with E-state index >= 15 is 0 Å². The maximum absolute atomic E-state index is 12.6. The molecule has 9 heteroatoms. The Bertz CT molecular complexity index is 1080. The third-order valence-electron chi connectivity index (χ3n) is 5.09. The summed E-state index contributed by atoms with van der Waals surface area (Å²) in [4.78, 5) is 27.5. The lowest BCUT2D eigenvalue weighted by Crippen LogP contribution is -2.38. The molecule has 0 radical (unpaired) electrons. The van der Waals surface area contributed by atoms with Gasteiger partial charge in [-0.15, -0.1) is 0 Å². The van der Waals surface area contributed by atoms with Crippen LogP contribution in [0.3, 0.4) is 0 Å². The van der Waals surface area contributed by atoms with Crippen molar-refractivity contribution < 1.29 is 9.21 Å². The zero-order valence-electron chi connectivity index (χ0n) is 15.6. The van der Waals surface area contributed by atoms with E-state index in [4.69, 9.17) is 4.42 Å². The van der Waals surface area contributed by atoms with Gasteiger partial charge < -0.3 is 14.6 Å². The normalized spacial score (nSPS) is 15.0. The van der Waals surface area contributed by atoms with Crippen LogP contribution in [-0.2, 0) is 4.79 Å². The highest BCUT2D eigenvalue weighted by atomic mass is 16.4. The minimum Gasteiger partial charge on any atom is -0.423 e. The molecule has 1 aliphatic rings. The van der Waals surface area contributed by atoms with Crippen molar-refractivity contribution in [3.8, 4) is 5.82 Å². The SMILES string of the molecule is O=C(Nc1ccc(-n2cncn2)nc1)C1CCN(c2nc3ccccc3o2)CC1. The molecular weight excluding hydrogens is 370 g/mol. The molecule has 0 atom stereocenters. The van der Waals surface area contributed by atoms with Crippen LogP contribution in [0.25, 0.3) is 16.9 Å². The molecule has 0 saturated carbocycles. The molecule has 1 aliphatic heterocycles. The summed E-state index contributed by atoms with van der Waals surface area (Å²) in [5.41, 5.74) is 2.30. The van der Waals surface area contributed by atoms with E-state index in [1.807, 2.05) is 30.3 Å². The number of carbonyl (C=O) groups excluding carboxylic acids is 1. The number of hydrogen-bond donors (Lipinski definition) is 1. The van der Waals surface area contributed by atoms with Crippen LogP contribution in [0, 0.1) is 5.92 Å². The fourth-order valence-electron chi connectivity index (χ4n) is 3.49. The summed E-state index contributed by atoms with van der Waals surface area (Å²) in [6.45, 7) is 1.46. The van der Waals surface area contributed by atoms with E-state index < -0.39 is 0 Å². The Labute approximate surface area is 166 Å². The number of nitrogens with zero attached hydrogens (tertiary/aromatic N) is 6. The van der Waals surface area contributed by atoms with Crippen molar-refractivity contribution in [3.63, 3.8) is 0 Å². The van der Waals surface area contributed by atoms with E-state index in [9.17, 15) is 4.79 Å². The molecule has 9 nitrogen and oxygen atoms in total. The number of piperidine rings is 1. The number of aromatic nitrogens is 5. The quantitative estimate of drug-likeness (QED) is 0.572. The second-order valence-corrected chi connectivity index (χ2v) is 6.96. The molecule has 1 fully saturated rings. The summed E-state index contributed by atoms with van der Waals surface area (Å²) in [7, 11) is 0. The van der Waals surface area contributed by atoms with Crippen molar-refractivity contribution in [2.24, 2.45) is 5.92 Å². The Balaban J connectivity index is 1.19. The third-order valence-corrected chi connectivity index (χ3v) is 5.09. The summed E-state index contributed by atoms with van der Waals surface area (Å²) in [6.07, 6.45) is 6.14. The number of nitrogens with one attached hydrogen (secondary N) is 1. The maximum Gasteiger partial charge on any atom is 0.298 e. The van der Waals surface area contributed by atoms with Gasteiger partial charge in [-0.25, -0.2) is 14.6 Å².